The number of nitro groups is 2. The number of nitro benzene ring substituents is 2. The predicted molar refractivity (Wildman–Crippen MR) is 82.5 cm³/mol. The summed E-state index contributed by atoms with van der Waals surface area (Å²) in [7, 11) is -3.17. The summed E-state index contributed by atoms with van der Waals surface area (Å²) in [5.41, 5.74) is -1.51. The highest BCUT2D eigenvalue weighted by molar-refractivity contribution is 6.27. The zero-order valence-corrected chi connectivity index (χ0v) is 13.3. The predicted octanol–water partition coefficient (Wildman–Crippen LogP) is 2.10. The van der Waals surface area contributed by atoms with Gasteiger partial charge in [-0.2, -0.15) is 8.78 Å². The minimum absolute atomic E-state index is 0.0527. The van der Waals surface area contributed by atoms with Gasteiger partial charge >= 0.3 is 22.7 Å². The van der Waals surface area contributed by atoms with Crippen LogP contribution in [0.5, 0.6) is 0 Å². The molecule has 0 saturated carbocycles. The molecule has 2 aromatic carbocycles. The highest BCUT2D eigenvalue weighted by atomic mass is 19.1. The molecule has 2 rings (SSSR count). The average Bonchev–Trinajstić information content (AvgIpc) is 2.62. The molecule has 2 aromatic rings. The molecule has 0 heterocycles. The van der Waals surface area contributed by atoms with Crippen molar-refractivity contribution >= 4 is 30.1 Å². The second-order valence-corrected chi connectivity index (χ2v) is 4.26. The lowest BCUT2D eigenvalue weighted by molar-refractivity contribution is -0.387. The number of hydrogen-bond donors (Lipinski definition) is 0. The Bertz CT molecular complexity index is 872. The van der Waals surface area contributed by atoms with Gasteiger partial charge in [0.2, 0.25) is 22.4 Å². The first-order chi connectivity index (χ1) is 13.0. The van der Waals surface area contributed by atoms with Crippen molar-refractivity contribution in [2.75, 3.05) is 0 Å². The zero-order valence-electron chi connectivity index (χ0n) is 13.3. The molecule has 0 N–H and O–H groups in total. The van der Waals surface area contributed by atoms with Crippen LogP contribution >= 0.6 is 0 Å². The maximum Gasteiger partial charge on any atom is 0.392 e. The maximum atomic E-state index is 12.6. The number of diazo groups is 2. The number of nitrogens with zero attached hydrogens (tertiary/aromatic N) is 6. The second kappa shape index (κ2) is 11.5. The summed E-state index contributed by atoms with van der Waals surface area (Å²) in [4.78, 5) is 23.9. The molecule has 0 aliphatic heterocycles. The molecule has 0 aliphatic rings. The fraction of sp³-hybridized carbons (Fsp3) is 0. The van der Waals surface area contributed by atoms with Gasteiger partial charge < -0.3 is 14.4 Å². The second-order valence-electron chi connectivity index (χ2n) is 4.26. The molecule has 0 bridgehead atoms. The van der Waals surface area contributed by atoms with E-state index in [1.165, 1.54) is 0 Å². The Balaban J connectivity index is 0.000000439. The fourth-order valence-corrected chi connectivity index (χ4v) is 1.41. The van der Waals surface area contributed by atoms with Crippen LogP contribution in [0.3, 0.4) is 0 Å². The van der Waals surface area contributed by atoms with E-state index in [4.69, 9.17) is 20.8 Å². The van der Waals surface area contributed by atoms with Crippen LogP contribution < -0.4 is 10.0 Å². The van der Waals surface area contributed by atoms with Crippen molar-refractivity contribution < 1.29 is 33.0 Å². The van der Waals surface area contributed by atoms with Crippen molar-refractivity contribution in [2.45, 2.75) is 0 Å². The van der Waals surface area contributed by atoms with Gasteiger partial charge in [0, 0.05) is 12.1 Å². The van der Waals surface area contributed by atoms with E-state index < -0.39 is 40.3 Å². The van der Waals surface area contributed by atoms with Gasteiger partial charge in [-0.05, 0) is 12.1 Å². The highest BCUT2D eigenvalue weighted by Gasteiger charge is 2.19. The summed E-state index contributed by atoms with van der Waals surface area (Å²) in [6.07, 6.45) is 0. The van der Waals surface area contributed by atoms with E-state index in [9.17, 15) is 33.3 Å². The van der Waals surface area contributed by atoms with E-state index in [0.29, 0.717) is 0 Å². The van der Waals surface area contributed by atoms with Crippen LogP contribution in [-0.2, 0) is 0 Å². The smallest absolute Gasteiger partial charge is 0.392 e. The van der Waals surface area contributed by atoms with Crippen LogP contribution in [0.15, 0.2) is 36.4 Å². The van der Waals surface area contributed by atoms with Crippen LogP contribution in [0.25, 0.3) is 9.95 Å². The van der Waals surface area contributed by atoms with Crippen LogP contribution in [-0.4, -0.2) is 17.2 Å². The molecule has 28 heavy (non-hydrogen) atoms. The Morgan fingerprint density at radius 3 is 1.32 bits per heavy atom. The van der Waals surface area contributed by atoms with E-state index >= 15 is 0 Å². The quantitative estimate of drug-likeness (QED) is 0.318. The molecule has 0 saturated heterocycles. The number of halogens is 3. The molecule has 0 atom stereocenters. The first kappa shape index (κ1) is 23.9. The Hall–Kier alpha value is -4.15. The van der Waals surface area contributed by atoms with Crippen molar-refractivity contribution in [3.63, 3.8) is 0 Å². The standard InChI is InChI=1S/2C6H3FN3O2.BFO2/c2*7-5-2-1-4(9-8)3-6(5)10(11)12;2-1(3)4/h2*1-3H;/q2*+1;-2. The monoisotopic (exact) mass is 398 g/mol. The van der Waals surface area contributed by atoms with Gasteiger partial charge in [0.25, 0.3) is 0 Å². The van der Waals surface area contributed by atoms with E-state index in [2.05, 4.69) is 9.95 Å². The minimum Gasteiger partial charge on any atom is -0.867 e. The van der Waals surface area contributed by atoms with Crippen LogP contribution in [0, 0.1) is 42.6 Å². The molecule has 16 heteroatoms. The van der Waals surface area contributed by atoms with Crippen molar-refractivity contribution in [3.05, 3.63) is 78.2 Å². The lowest BCUT2D eigenvalue weighted by Crippen LogP contribution is -2.39. The molecule has 144 valence electrons. The summed E-state index contributed by atoms with van der Waals surface area (Å²) < 4.78 is 35.1. The minimum atomic E-state index is -3.17. The third-order valence-electron chi connectivity index (χ3n) is 2.48. The average molecular weight is 398 g/mol. The summed E-state index contributed by atoms with van der Waals surface area (Å²) in [6.45, 7) is 0. The van der Waals surface area contributed by atoms with E-state index in [0.717, 1.165) is 36.4 Å². The number of hydrogen-bond acceptors (Lipinski definition) is 8. The third-order valence-corrected chi connectivity index (χ3v) is 2.48. The van der Waals surface area contributed by atoms with Crippen LogP contribution in [0.1, 0.15) is 0 Å². The first-order valence-corrected chi connectivity index (χ1v) is 6.57. The van der Waals surface area contributed by atoms with Gasteiger partial charge in [0.1, 0.15) is 19.5 Å². The molecule has 0 unspecified atom stereocenters. The maximum absolute atomic E-state index is 12.6. The van der Waals surface area contributed by atoms with Crippen molar-refractivity contribution in [3.8, 4) is 0 Å². The van der Waals surface area contributed by atoms with Crippen LogP contribution in [0.4, 0.5) is 35.8 Å². The van der Waals surface area contributed by atoms with Gasteiger partial charge in [-0.3, -0.25) is 20.2 Å². The molecule has 0 aliphatic carbocycles. The Morgan fingerprint density at radius 2 is 1.11 bits per heavy atom. The lowest BCUT2D eigenvalue weighted by atomic mass is 10.3. The molecular formula is C12H6BF3N6O6. The largest absolute Gasteiger partial charge is 0.867 e. The molecule has 0 aromatic heterocycles. The first-order valence-electron chi connectivity index (χ1n) is 6.57. The topological polar surface area (TPSA) is 189 Å². The van der Waals surface area contributed by atoms with Gasteiger partial charge in [-0.15, -0.1) is 0 Å². The molecule has 12 nitrogen and oxygen atoms in total. The number of benzene rings is 2. The fourth-order valence-electron chi connectivity index (χ4n) is 1.41. The summed E-state index contributed by atoms with van der Waals surface area (Å²) in [6, 6.07) is 5.68. The molecular weight excluding hydrogens is 392 g/mol. The molecule has 0 radical (unpaired) electrons. The zero-order chi connectivity index (χ0) is 21.9. The van der Waals surface area contributed by atoms with Crippen molar-refractivity contribution in [1.82, 2.24) is 0 Å². The Morgan fingerprint density at radius 1 is 0.821 bits per heavy atom. The molecule has 0 spiro atoms. The normalized spacial score (nSPS) is 8.68. The Kier molecular flexibility index (Phi) is 9.77. The summed E-state index contributed by atoms with van der Waals surface area (Å²) in [5, 5.41) is 53.3. The highest BCUT2D eigenvalue weighted by Crippen LogP contribution is 2.23. The number of rotatable bonds is 2. The van der Waals surface area contributed by atoms with Crippen molar-refractivity contribution in [2.24, 2.45) is 0 Å². The SMILES string of the molecule is N#[N+]c1ccc(F)c([N+](=O)[O-])c1.N#[N+]c1ccc(F)c([N+](=O)[O-])c1.[O-]B([O-])F. The van der Waals surface area contributed by atoms with Gasteiger partial charge in [-0.1, -0.05) is 0 Å². The third kappa shape index (κ3) is 8.29. The lowest BCUT2D eigenvalue weighted by Gasteiger charge is -2.09. The summed E-state index contributed by atoms with van der Waals surface area (Å²) in [5.74, 6) is -1.90. The van der Waals surface area contributed by atoms with Crippen LogP contribution in [0.2, 0.25) is 0 Å². The van der Waals surface area contributed by atoms with E-state index in [1.807, 2.05) is 0 Å². The van der Waals surface area contributed by atoms with Crippen molar-refractivity contribution in [1.29, 1.82) is 10.8 Å². The Labute approximate surface area is 153 Å². The molecule has 0 fully saturated rings. The van der Waals surface area contributed by atoms with Gasteiger partial charge in [-0.25, -0.2) is 0 Å². The van der Waals surface area contributed by atoms with Gasteiger partial charge in [0.15, 0.2) is 9.95 Å². The molecule has 0 amide bonds. The van der Waals surface area contributed by atoms with E-state index in [-0.39, 0.29) is 11.4 Å². The van der Waals surface area contributed by atoms with E-state index in [1.54, 1.807) is 0 Å². The summed E-state index contributed by atoms with van der Waals surface area (Å²) >= 11 is 0. The van der Waals surface area contributed by atoms with Gasteiger partial charge in [0.05, 0.1) is 9.85 Å².